The van der Waals surface area contributed by atoms with E-state index >= 15 is 0 Å². The van der Waals surface area contributed by atoms with E-state index in [-0.39, 0.29) is 24.3 Å². The largest absolute Gasteiger partial charge is 0.547 e. The van der Waals surface area contributed by atoms with Gasteiger partial charge in [0.1, 0.15) is 11.3 Å². The Hall–Kier alpha value is -2.69. The Labute approximate surface area is 173 Å². The van der Waals surface area contributed by atoms with Crippen LogP contribution in [0.5, 0.6) is 5.75 Å². The number of hydrogen-bond donors (Lipinski definition) is 2. The van der Waals surface area contributed by atoms with E-state index in [9.17, 15) is 28.2 Å². The smallest absolute Gasteiger partial charge is 0.534 e. The van der Waals surface area contributed by atoms with Crippen LogP contribution in [0, 0.1) is 17.0 Å². The van der Waals surface area contributed by atoms with Crippen molar-refractivity contribution in [3.8, 4) is 5.75 Å². The number of nitrogens with one attached hydrogen (secondary N) is 1. The second-order valence-corrected chi connectivity index (χ2v) is 7.90. The summed E-state index contributed by atoms with van der Waals surface area (Å²) in [7, 11) is -1.59. The lowest BCUT2D eigenvalue weighted by molar-refractivity contribution is -0.161. The van der Waals surface area contributed by atoms with Crippen molar-refractivity contribution in [1.82, 2.24) is 5.32 Å². The molecule has 1 unspecified atom stereocenters. The molecule has 0 aromatic heterocycles. The molecule has 2 N–H and O–H groups in total. The normalized spacial score (nSPS) is 15.7. The monoisotopic (exact) mass is 427 g/mol. The van der Waals surface area contributed by atoms with Gasteiger partial charge in [0.25, 0.3) is 0 Å². The maximum absolute atomic E-state index is 14.3. The highest BCUT2D eigenvalue weighted by atomic mass is 19.2. The Balaban J connectivity index is 2.20. The quantitative estimate of drug-likeness (QED) is 0.405. The molecule has 164 valence electrons. The summed E-state index contributed by atoms with van der Waals surface area (Å²) in [6.45, 7) is 5.76. The minimum absolute atomic E-state index is 0.0691. The molecule has 0 saturated carbocycles. The van der Waals surface area contributed by atoms with Crippen molar-refractivity contribution >= 4 is 25.0 Å². The fourth-order valence-electron chi connectivity index (χ4n) is 2.72. The second-order valence-electron chi connectivity index (χ2n) is 7.90. The first kappa shape index (κ1) is 23.6. The Morgan fingerprint density at radius 3 is 2.57 bits per heavy atom. The molecule has 0 aliphatic carbocycles. The number of halogens is 2. The summed E-state index contributed by atoms with van der Waals surface area (Å²) < 4.78 is 43.1. The molecule has 1 aromatic carbocycles. The first-order valence-corrected chi connectivity index (χ1v) is 9.45. The highest BCUT2D eigenvalue weighted by Gasteiger charge is 2.40. The zero-order valence-electron chi connectivity index (χ0n) is 17.2. The number of carbonyl (C=O) groups excluding carboxylic acids is 3. The van der Waals surface area contributed by atoms with Crippen LogP contribution in [-0.2, 0) is 25.5 Å². The lowest BCUT2D eigenvalue weighted by Gasteiger charge is -2.29. The molecule has 0 spiro atoms. The van der Waals surface area contributed by atoms with Crippen molar-refractivity contribution < 1.29 is 42.3 Å². The summed E-state index contributed by atoms with van der Waals surface area (Å²) >= 11 is 0. The first-order valence-electron chi connectivity index (χ1n) is 9.45. The van der Waals surface area contributed by atoms with Crippen molar-refractivity contribution in [2.75, 3.05) is 6.79 Å². The number of esters is 2. The van der Waals surface area contributed by atoms with E-state index in [1.165, 1.54) is 0 Å². The number of carbonyl (C=O) groups is 3. The van der Waals surface area contributed by atoms with E-state index in [1.807, 2.05) is 0 Å². The van der Waals surface area contributed by atoms with Crippen LogP contribution < -0.4 is 9.97 Å². The molecular weight excluding hydrogens is 403 g/mol. The summed E-state index contributed by atoms with van der Waals surface area (Å²) in [5, 5.41) is 12.7. The summed E-state index contributed by atoms with van der Waals surface area (Å²) in [4.78, 5) is 35.8. The van der Waals surface area contributed by atoms with E-state index in [4.69, 9.17) is 14.1 Å². The van der Waals surface area contributed by atoms with Crippen LogP contribution in [0.2, 0.25) is 0 Å². The topological polar surface area (TPSA) is 111 Å². The average molecular weight is 427 g/mol. The van der Waals surface area contributed by atoms with Gasteiger partial charge in [-0.05, 0) is 45.2 Å². The van der Waals surface area contributed by atoms with E-state index in [0.29, 0.717) is 6.42 Å². The number of benzene rings is 1. The molecule has 8 nitrogen and oxygen atoms in total. The van der Waals surface area contributed by atoms with Gasteiger partial charge in [0.05, 0.1) is 11.4 Å². The zero-order valence-corrected chi connectivity index (χ0v) is 17.2. The third-order valence-corrected chi connectivity index (χ3v) is 4.29. The third kappa shape index (κ3) is 5.47. The Bertz CT molecular complexity index is 841. The number of ether oxygens (including phenoxy) is 2. The number of amides is 1. The Morgan fingerprint density at radius 1 is 1.30 bits per heavy atom. The number of hydrogen-bond acceptors (Lipinski definition) is 7. The summed E-state index contributed by atoms with van der Waals surface area (Å²) in [6.07, 6.45) is 0.711. The highest BCUT2D eigenvalue weighted by molar-refractivity contribution is 6.47. The van der Waals surface area contributed by atoms with Crippen LogP contribution >= 0.6 is 0 Å². The van der Waals surface area contributed by atoms with Gasteiger partial charge in [0.15, 0.2) is 11.6 Å². The number of rotatable bonds is 6. The molecule has 1 aliphatic heterocycles. The summed E-state index contributed by atoms with van der Waals surface area (Å²) in [6, 6.07) is 0.825. The molecule has 30 heavy (non-hydrogen) atoms. The van der Waals surface area contributed by atoms with Gasteiger partial charge >= 0.3 is 19.1 Å². The van der Waals surface area contributed by atoms with Crippen molar-refractivity contribution in [1.29, 1.82) is 0 Å². The van der Waals surface area contributed by atoms with Gasteiger partial charge in [-0.1, -0.05) is 6.92 Å². The van der Waals surface area contributed by atoms with Gasteiger partial charge in [-0.15, -0.1) is 0 Å². The lowest BCUT2D eigenvalue weighted by atomic mass is 9.72. The third-order valence-electron chi connectivity index (χ3n) is 4.29. The molecule has 0 bridgehead atoms. The average Bonchev–Trinajstić information content (AvgIpc) is 2.63. The molecular formula is C19H24BF2NO7. The molecule has 0 fully saturated rings. The Morgan fingerprint density at radius 2 is 1.97 bits per heavy atom. The van der Waals surface area contributed by atoms with Crippen LogP contribution in [-0.4, -0.2) is 42.7 Å². The van der Waals surface area contributed by atoms with Gasteiger partial charge in [-0.3, -0.25) is 9.59 Å². The van der Waals surface area contributed by atoms with E-state index in [2.05, 4.69) is 5.32 Å². The number of fused-ring (bicyclic) bond motifs is 1. The summed E-state index contributed by atoms with van der Waals surface area (Å²) in [5.74, 6) is -6.48. The van der Waals surface area contributed by atoms with Gasteiger partial charge in [-0.25, -0.2) is 13.6 Å². The molecule has 0 saturated heterocycles. The highest BCUT2D eigenvalue weighted by Crippen LogP contribution is 2.34. The van der Waals surface area contributed by atoms with Crippen LogP contribution in [0.3, 0.4) is 0 Å². The predicted octanol–water partition coefficient (Wildman–Crippen LogP) is 1.91. The van der Waals surface area contributed by atoms with Crippen molar-refractivity contribution in [3.63, 3.8) is 0 Å². The van der Waals surface area contributed by atoms with Crippen molar-refractivity contribution in [3.05, 3.63) is 28.8 Å². The van der Waals surface area contributed by atoms with Gasteiger partial charge in [0.2, 0.25) is 12.7 Å². The molecule has 11 heteroatoms. The van der Waals surface area contributed by atoms with Gasteiger partial charge in [0, 0.05) is 6.42 Å². The fourth-order valence-corrected chi connectivity index (χ4v) is 2.72. The molecule has 1 amide bonds. The second kappa shape index (κ2) is 9.42. The minimum Gasteiger partial charge on any atom is -0.534 e. The molecule has 0 radical (unpaired) electrons. The molecule has 2 rings (SSSR count). The van der Waals surface area contributed by atoms with Crippen LogP contribution in [0.1, 0.15) is 56.5 Å². The first-order chi connectivity index (χ1) is 14.0. The van der Waals surface area contributed by atoms with E-state index in [0.717, 1.165) is 6.07 Å². The predicted molar refractivity (Wildman–Crippen MR) is 101 cm³/mol. The minimum atomic E-state index is -1.59. The zero-order chi connectivity index (χ0) is 22.6. The van der Waals surface area contributed by atoms with E-state index in [1.54, 1.807) is 27.7 Å². The SMILES string of the molecule is CCCC(=O)NC1Cc2cc(F)c(F)c(C(=O)OCOC(=O)C(C)(C)C)c2OB1O. The molecule has 1 aromatic rings. The van der Waals surface area contributed by atoms with Gasteiger partial charge < -0.3 is 24.5 Å². The Kier molecular flexibility index (Phi) is 7.41. The van der Waals surface area contributed by atoms with Crippen molar-refractivity contribution in [2.45, 2.75) is 52.9 Å². The lowest BCUT2D eigenvalue weighted by Crippen LogP contribution is -2.53. The van der Waals surface area contributed by atoms with Crippen LogP contribution in [0.15, 0.2) is 6.07 Å². The van der Waals surface area contributed by atoms with E-state index < -0.39 is 60.2 Å². The molecule has 1 aliphatic rings. The van der Waals surface area contributed by atoms with Crippen LogP contribution in [0.25, 0.3) is 0 Å². The fraction of sp³-hybridized carbons (Fsp3) is 0.526. The summed E-state index contributed by atoms with van der Waals surface area (Å²) in [5.41, 5.74) is -1.64. The molecule has 1 atom stereocenters. The maximum atomic E-state index is 14.3. The molecule has 1 heterocycles. The standard InChI is InChI=1S/C19H24BF2NO7/c1-5-6-13(24)23-12-8-10-7-11(21)15(22)14(16(10)30-20(12)27)17(25)28-9-29-18(26)19(2,3)4/h7,12,27H,5-6,8-9H2,1-4H3,(H,23,24). The van der Waals surface area contributed by atoms with Crippen LogP contribution in [0.4, 0.5) is 8.78 Å². The van der Waals surface area contributed by atoms with Gasteiger partial charge in [-0.2, -0.15) is 0 Å². The van der Waals surface area contributed by atoms with Crippen molar-refractivity contribution in [2.24, 2.45) is 5.41 Å². The maximum Gasteiger partial charge on any atom is 0.547 e.